The van der Waals surface area contributed by atoms with Crippen molar-refractivity contribution in [3.63, 3.8) is 0 Å². The van der Waals surface area contributed by atoms with Crippen molar-refractivity contribution in [1.82, 2.24) is 4.90 Å². The van der Waals surface area contributed by atoms with E-state index in [1.54, 1.807) is 37.7 Å². The van der Waals surface area contributed by atoms with Crippen molar-refractivity contribution in [3.05, 3.63) is 74.3 Å². The van der Waals surface area contributed by atoms with E-state index in [0.29, 0.717) is 35.9 Å². The van der Waals surface area contributed by atoms with Gasteiger partial charge >= 0.3 is 5.63 Å². The van der Waals surface area contributed by atoms with Gasteiger partial charge in [0.15, 0.2) is 11.5 Å². The average Bonchev–Trinajstić information content (AvgIpc) is 3.32. The molecule has 0 atom stereocenters. The maximum Gasteiger partial charge on any atom is 0.344 e. The molecular formula is C25H23NO5S. The van der Waals surface area contributed by atoms with Crippen molar-refractivity contribution < 1.29 is 18.6 Å². The number of methoxy groups -OCH3 is 2. The molecule has 164 valence electrons. The van der Waals surface area contributed by atoms with E-state index in [9.17, 15) is 4.79 Å². The molecule has 6 nitrogen and oxygen atoms in total. The molecule has 32 heavy (non-hydrogen) atoms. The van der Waals surface area contributed by atoms with Gasteiger partial charge in [0.25, 0.3) is 0 Å². The van der Waals surface area contributed by atoms with Gasteiger partial charge in [-0.1, -0.05) is 12.1 Å². The van der Waals surface area contributed by atoms with Crippen molar-refractivity contribution in [3.8, 4) is 28.4 Å². The molecule has 0 N–H and O–H groups in total. The number of rotatable bonds is 5. The van der Waals surface area contributed by atoms with Crippen LogP contribution in [0.4, 0.5) is 0 Å². The number of fused-ring (bicyclic) bond motifs is 3. The van der Waals surface area contributed by atoms with E-state index >= 15 is 0 Å². The molecule has 0 radical (unpaired) electrons. The fourth-order valence-corrected chi connectivity index (χ4v) is 4.96. The number of hydrogen-bond acceptors (Lipinski definition) is 7. The SMILES string of the molecule is COc1ccc(-c2c(C)c3ccc4c(c3oc2=O)CN(Cc2cccs2)CO4)cc1OC. The molecule has 0 fully saturated rings. The van der Waals surface area contributed by atoms with Gasteiger partial charge in [-0.15, -0.1) is 11.3 Å². The van der Waals surface area contributed by atoms with E-state index in [-0.39, 0.29) is 5.63 Å². The minimum Gasteiger partial charge on any atom is -0.493 e. The van der Waals surface area contributed by atoms with Gasteiger partial charge in [0.2, 0.25) is 0 Å². The molecule has 0 unspecified atom stereocenters. The van der Waals surface area contributed by atoms with Gasteiger partial charge in [0, 0.05) is 23.4 Å². The Kier molecular flexibility index (Phi) is 5.36. The molecule has 1 aliphatic rings. The summed E-state index contributed by atoms with van der Waals surface area (Å²) in [5, 5.41) is 2.97. The zero-order chi connectivity index (χ0) is 22.2. The van der Waals surface area contributed by atoms with Crippen LogP contribution in [0.15, 0.2) is 57.1 Å². The van der Waals surface area contributed by atoms with E-state index in [4.69, 9.17) is 18.6 Å². The van der Waals surface area contributed by atoms with Crippen LogP contribution in [0.2, 0.25) is 0 Å². The largest absolute Gasteiger partial charge is 0.493 e. The van der Waals surface area contributed by atoms with Crippen molar-refractivity contribution in [2.24, 2.45) is 0 Å². The second-order valence-electron chi connectivity index (χ2n) is 7.72. The molecule has 0 amide bonds. The molecule has 7 heteroatoms. The monoisotopic (exact) mass is 449 g/mol. The van der Waals surface area contributed by atoms with Gasteiger partial charge < -0.3 is 18.6 Å². The number of nitrogens with zero attached hydrogens (tertiary/aromatic N) is 1. The van der Waals surface area contributed by atoms with Crippen molar-refractivity contribution in [1.29, 1.82) is 0 Å². The molecule has 0 saturated heterocycles. The predicted octanol–water partition coefficient (Wildman–Crippen LogP) is 5.20. The number of benzene rings is 2. The van der Waals surface area contributed by atoms with Gasteiger partial charge in [0.1, 0.15) is 18.1 Å². The molecule has 0 bridgehead atoms. The van der Waals surface area contributed by atoms with Crippen molar-refractivity contribution >= 4 is 22.3 Å². The highest BCUT2D eigenvalue weighted by Crippen LogP contribution is 2.37. The van der Waals surface area contributed by atoms with Crippen LogP contribution in [0, 0.1) is 6.92 Å². The van der Waals surface area contributed by atoms with Gasteiger partial charge in [-0.05, 0) is 53.8 Å². The topological polar surface area (TPSA) is 61.1 Å². The summed E-state index contributed by atoms with van der Waals surface area (Å²) in [4.78, 5) is 16.6. The van der Waals surface area contributed by atoms with Gasteiger partial charge in [-0.3, -0.25) is 4.90 Å². The molecule has 1 aliphatic heterocycles. The van der Waals surface area contributed by atoms with E-state index in [1.165, 1.54) is 4.88 Å². The first kappa shape index (κ1) is 20.6. The third-order valence-corrected chi connectivity index (χ3v) is 6.67. The minimum absolute atomic E-state index is 0.383. The molecule has 0 saturated carbocycles. The smallest absolute Gasteiger partial charge is 0.344 e. The van der Waals surface area contributed by atoms with Gasteiger partial charge in [-0.25, -0.2) is 4.79 Å². The molecule has 2 aromatic carbocycles. The summed E-state index contributed by atoms with van der Waals surface area (Å²) in [6.45, 7) is 3.90. The second-order valence-corrected chi connectivity index (χ2v) is 8.75. The summed E-state index contributed by atoms with van der Waals surface area (Å²) >= 11 is 1.72. The molecule has 2 aromatic heterocycles. The van der Waals surface area contributed by atoms with Crippen molar-refractivity contribution in [2.45, 2.75) is 20.0 Å². The fraction of sp³-hybridized carbons (Fsp3) is 0.240. The Balaban J connectivity index is 1.59. The van der Waals surface area contributed by atoms with E-state index in [0.717, 1.165) is 34.4 Å². The number of ether oxygens (including phenoxy) is 3. The molecular weight excluding hydrogens is 426 g/mol. The summed E-state index contributed by atoms with van der Waals surface area (Å²) in [5.41, 5.74) is 3.22. The van der Waals surface area contributed by atoms with Crippen LogP contribution in [-0.4, -0.2) is 25.9 Å². The van der Waals surface area contributed by atoms with E-state index in [1.807, 2.05) is 31.2 Å². The van der Waals surface area contributed by atoms with Crippen LogP contribution in [0.25, 0.3) is 22.1 Å². The van der Waals surface area contributed by atoms with Gasteiger partial charge in [-0.2, -0.15) is 0 Å². The minimum atomic E-state index is -0.383. The number of hydrogen-bond donors (Lipinski definition) is 0. The van der Waals surface area contributed by atoms with Crippen LogP contribution in [0.3, 0.4) is 0 Å². The lowest BCUT2D eigenvalue weighted by Crippen LogP contribution is -2.31. The lowest BCUT2D eigenvalue weighted by molar-refractivity contribution is 0.0899. The molecule has 0 spiro atoms. The van der Waals surface area contributed by atoms with Crippen LogP contribution in [0.1, 0.15) is 16.0 Å². The molecule has 4 aromatic rings. The molecule has 0 aliphatic carbocycles. The van der Waals surface area contributed by atoms with Crippen LogP contribution >= 0.6 is 11.3 Å². The first-order valence-electron chi connectivity index (χ1n) is 10.3. The summed E-state index contributed by atoms with van der Waals surface area (Å²) in [5.74, 6) is 1.93. The Labute approximate surface area is 189 Å². The third-order valence-electron chi connectivity index (χ3n) is 5.81. The normalized spacial score (nSPS) is 13.6. The number of aryl methyl sites for hydroxylation is 1. The maximum atomic E-state index is 13.1. The Morgan fingerprint density at radius 2 is 1.94 bits per heavy atom. The first-order valence-corrected chi connectivity index (χ1v) is 11.2. The lowest BCUT2D eigenvalue weighted by Gasteiger charge is -2.29. The molecule has 5 rings (SSSR count). The van der Waals surface area contributed by atoms with Crippen LogP contribution in [-0.2, 0) is 13.1 Å². The quantitative estimate of drug-likeness (QED) is 0.390. The van der Waals surface area contributed by atoms with Gasteiger partial charge in [0.05, 0.1) is 25.3 Å². The highest BCUT2D eigenvalue weighted by Gasteiger charge is 2.24. The predicted molar refractivity (Wildman–Crippen MR) is 125 cm³/mol. The molecule has 3 heterocycles. The first-order chi connectivity index (χ1) is 15.6. The van der Waals surface area contributed by atoms with E-state index < -0.39 is 0 Å². The summed E-state index contributed by atoms with van der Waals surface area (Å²) in [7, 11) is 3.16. The highest BCUT2D eigenvalue weighted by atomic mass is 32.1. The van der Waals surface area contributed by atoms with Crippen LogP contribution in [0.5, 0.6) is 17.2 Å². The highest BCUT2D eigenvalue weighted by molar-refractivity contribution is 7.09. The third kappa shape index (κ3) is 3.53. The average molecular weight is 450 g/mol. The van der Waals surface area contributed by atoms with Crippen molar-refractivity contribution in [2.75, 3.05) is 21.0 Å². The summed E-state index contributed by atoms with van der Waals surface area (Å²) in [6, 6.07) is 13.5. The Morgan fingerprint density at radius 3 is 2.69 bits per heavy atom. The Bertz CT molecular complexity index is 1340. The lowest BCUT2D eigenvalue weighted by atomic mass is 9.97. The summed E-state index contributed by atoms with van der Waals surface area (Å²) in [6.07, 6.45) is 0. The zero-order valence-corrected chi connectivity index (χ0v) is 19.0. The van der Waals surface area contributed by atoms with E-state index in [2.05, 4.69) is 16.3 Å². The maximum absolute atomic E-state index is 13.1. The Morgan fingerprint density at radius 1 is 1.09 bits per heavy atom. The fourth-order valence-electron chi connectivity index (χ4n) is 4.22. The standard InChI is InChI=1S/C25H23NO5S/c1-15-18-7-9-20-19(13-26(14-30-20)12-17-5-4-10-32-17)24(18)31-25(27)23(15)16-6-8-21(28-2)22(11-16)29-3/h4-11H,12-14H2,1-3H3. The number of thiophene rings is 1. The van der Waals surface area contributed by atoms with Crippen LogP contribution < -0.4 is 19.8 Å². The second kappa shape index (κ2) is 8.33. The summed E-state index contributed by atoms with van der Waals surface area (Å²) < 4.78 is 22.6. The zero-order valence-electron chi connectivity index (χ0n) is 18.1. The Hall–Kier alpha value is -3.29.